The standard InChI is InChI=1S/C56H48.C3H8.CH4S/c1-5-8-19-42(6-2)51-34-37-54(47-24-16-11-17-25-47)56(40-51)48-32-30-45(31-33-48)50-27-18-26-49(38-50)43(7-3)29-28-41(4)55-39-52(44-20-12-9-13-21-44)35-36-53(55)46-22-14-10-15-23-46;1-3-2;1-2/h6-7,9-40H,2,4-5,8H2,1,3H3;3H2,1-2H3;2H,1H3/b29-28-,42-19+,43-7+;;. The summed E-state index contributed by atoms with van der Waals surface area (Å²) in [6, 6.07) is 63.1. The topological polar surface area (TPSA) is 0 Å². The van der Waals surface area contributed by atoms with Gasteiger partial charge in [0.2, 0.25) is 0 Å². The molecule has 7 rings (SSSR count). The minimum Gasteiger partial charge on any atom is -0.183 e. The molecule has 7 aromatic carbocycles. The third kappa shape index (κ3) is 12.1. The first kappa shape index (κ1) is 45.7. The number of thiol groups is 1. The fourth-order valence-corrected chi connectivity index (χ4v) is 7.30. The summed E-state index contributed by atoms with van der Waals surface area (Å²) in [4.78, 5) is 0. The van der Waals surface area contributed by atoms with Crippen LogP contribution in [0.1, 0.15) is 63.6 Å². The second-order valence-corrected chi connectivity index (χ2v) is 14.7. The molecule has 0 aliphatic heterocycles. The van der Waals surface area contributed by atoms with Crippen LogP contribution in [0.5, 0.6) is 0 Å². The van der Waals surface area contributed by atoms with Crippen molar-refractivity contribution in [1.29, 1.82) is 0 Å². The molecular formula is C60H60S. The molecule has 0 aliphatic rings. The van der Waals surface area contributed by atoms with Crippen LogP contribution < -0.4 is 0 Å². The van der Waals surface area contributed by atoms with Crippen LogP contribution in [0.25, 0.3) is 72.4 Å². The van der Waals surface area contributed by atoms with Gasteiger partial charge in [0.25, 0.3) is 0 Å². The zero-order valence-corrected chi connectivity index (χ0v) is 37.5. The number of benzene rings is 7. The number of allylic oxidation sites excluding steroid dienone is 8. The fraction of sp³-hybridized carbons (Fsp3) is 0.133. The van der Waals surface area contributed by atoms with Gasteiger partial charge in [0.1, 0.15) is 0 Å². The van der Waals surface area contributed by atoms with Gasteiger partial charge in [-0.3, -0.25) is 0 Å². The molecular weight excluding hydrogens is 753 g/mol. The maximum atomic E-state index is 4.58. The van der Waals surface area contributed by atoms with Crippen LogP contribution in [-0.2, 0) is 0 Å². The zero-order chi connectivity index (χ0) is 43.4. The van der Waals surface area contributed by atoms with E-state index in [0.717, 1.165) is 35.1 Å². The SMILES string of the molecule is C=C/C(=C\CCC)c1ccc(-c2ccccc2)c(-c2ccc(-c3cccc(C(/C=C\C(=C)c4cc(-c5ccccc5)ccc4-c4ccccc4)=C/C)c3)cc2)c1.CCC.CS. The van der Waals surface area contributed by atoms with E-state index >= 15 is 0 Å². The van der Waals surface area contributed by atoms with Crippen LogP contribution in [0.3, 0.4) is 0 Å². The Balaban J connectivity index is 0.00000135. The van der Waals surface area contributed by atoms with Gasteiger partial charge in [-0.05, 0) is 127 Å². The van der Waals surface area contributed by atoms with Crippen molar-refractivity contribution in [2.24, 2.45) is 0 Å². The van der Waals surface area contributed by atoms with Crippen molar-refractivity contribution in [3.63, 3.8) is 0 Å². The van der Waals surface area contributed by atoms with Gasteiger partial charge in [0.05, 0.1) is 0 Å². The Morgan fingerprint density at radius 1 is 0.475 bits per heavy atom. The minimum atomic E-state index is 0.965. The molecule has 0 nitrogen and oxygen atoms in total. The van der Waals surface area contributed by atoms with Gasteiger partial charge in [-0.2, -0.15) is 12.6 Å². The van der Waals surface area contributed by atoms with Gasteiger partial charge in [-0.15, -0.1) is 0 Å². The van der Waals surface area contributed by atoms with E-state index in [4.69, 9.17) is 0 Å². The molecule has 0 N–H and O–H groups in total. The predicted octanol–water partition coefficient (Wildman–Crippen LogP) is 18.0. The lowest BCUT2D eigenvalue weighted by atomic mass is 9.89. The maximum absolute atomic E-state index is 4.58. The quantitative estimate of drug-likeness (QED) is 0.0870. The Morgan fingerprint density at radius 3 is 1.54 bits per heavy atom. The summed E-state index contributed by atoms with van der Waals surface area (Å²) in [5.74, 6) is 0. The minimum absolute atomic E-state index is 0.965. The van der Waals surface area contributed by atoms with E-state index in [1.165, 1.54) is 73.2 Å². The van der Waals surface area contributed by atoms with Crippen molar-refractivity contribution < 1.29 is 0 Å². The fourth-order valence-electron chi connectivity index (χ4n) is 7.30. The van der Waals surface area contributed by atoms with Gasteiger partial charge >= 0.3 is 0 Å². The Bertz CT molecular complexity index is 2550. The first-order valence-electron chi connectivity index (χ1n) is 21.4. The number of hydrogen-bond donors (Lipinski definition) is 1. The van der Waals surface area contributed by atoms with Gasteiger partial charge in [0.15, 0.2) is 0 Å². The van der Waals surface area contributed by atoms with Crippen LogP contribution >= 0.6 is 12.6 Å². The maximum Gasteiger partial charge on any atom is -0.00992 e. The second kappa shape index (κ2) is 24.0. The van der Waals surface area contributed by atoms with Crippen LogP contribution in [0.15, 0.2) is 219 Å². The van der Waals surface area contributed by atoms with Crippen molar-refractivity contribution in [2.45, 2.75) is 47.0 Å². The molecule has 0 unspecified atom stereocenters. The molecule has 0 aliphatic carbocycles. The Kier molecular flexibility index (Phi) is 18.0. The Labute approximate surface area is 372 Å². The first-order valence-corrected chi connectivity index (χ1v) is 22.3. The highest BCUT2D eigenvalue weighted by Crippen LogP contribution is 2.37. The highest BCUT2D eigenvalue weighted by molar-refractivity contribution is 7.79. The van der Waals surface area contributed by atoms with Crippen molar-refractivity contribution >= 4 is 29.3 Å². The van der Waals surface area contributed by atoms with Gasteiger partial charge in [-0.1, -0.05) is 235 Å². The van der Waals surface area contributed by atoms with Crippen LogP contribution in [0.4, 0.5) is 0 Å². The van der Waals surface area contributed by atoms with E-state index in [1.807, 2.05) is 6.08 Å². The molecule has 0 spiro atoms. The Morgan fingerprint density at radius 2 is 0.951 bits per heavy atom. The molecule has 0 fully saturated rings. The van der Waals surface area contributed by atoms with E-state index in [1.54, 1.807) is 6.26 Å². The molecule has 61 heavy (non-hydrogen) atoms. The van der Waals surface area contributed by atoms with E-state index in [2.05, 4.69) is 254 Å². The second-order valence-electron chi connectivity index (χ2n) is 14.7. The first-order chi connectivity index (χ1) is 30.0. The zero-order valence-electron chi connectivity index (χ0n) is 36.6. The summed E-state index contributed by atoms with van der Waals surface area (Å²) in [5.41, 5.74) is 18.6. The van der Waals surface area contributed by atoms with Crippen molar-refractivity contribution in [3.8, 4) is 55.6 Å². The van der Waals surface area contributed by atoms with E-state index in [0.29, 0.717) is 0 Å². The molecule has 0 heterocycles. The summed E-state index contributed by atoms with van der Waals surface area (Å²) in [7, 11) is 0. The van der Waals surface area contributed by atoms with Crippen molar-refractivity contribution in [3.05, 3.63) is 236 Å². The summed E-state index contributed by atoms with van der Waals surface area (Å²) < 4.78 is 0. The molecule has 1 heteroatoms. The number of rotatable bonds is 13. The Hall–Kier alpha value is -6.41. The normalized spacial score (nSPS) is 11.2. The molecule has 0 atom stereocenters. The number of unbranched alkanes of at least 4 members (excludes halogenated alkanes) is 1. The third-order valence-electron chi connectivity index (χ3n) is 10.4. The molecule has 0 saturated heterocycles. The number of hydrogen-bond acceptors (Lipinski definition) is 1. The lowest BCUT2D eigenvalue weighted by Gasteiger charge is -2.15. The molecule has 306 valence electrons. The molecule has 0 saturated carbocycles. The molecule has 0 radical (unpaired) electrons. The van der Waals surface area contributed by atoms with E-state index < -0.39 is 0 Å². The van der Waals surface area contributed by atoms with Crippen LogP contribution in [0.2, 0.25) is 0 Å². The molecule has 0 amide bonds. The predicted molar refractivity (Wildman–Crippen MR) is 276 cm³/mol. The molecule has 7 aromatic rings. The van der Waals surface area contributed by atoms with Gasteiger partial charge in [0, 0.05) is 0 Å². The average molecular weight is 813 g/mol. The molecule has 0 bridgehead atoms. The van der Waals surface area contributed by atoms with Gasteiger partial charge < -0.3 is 0 Å². The lowest BCUT2D eigenvalue weighted by molar-refractivity contribution is 0.960. The van der Waals surface area contributed by atoms with Crippen molar-refractivity contribution in [2.75, 3.05) is 6.26 Å². The average Bonchev–Trinajstić information content (AvgIpc) is 3.33. The summed E-state index contributed by atoms with van der Waals surface area (Å²) in [6.45, 7) is 17.3. The lowest BCUT2D eigenvalue weighted by Crippen LogP contribution is -1.90. The smallest absolute Gasteiger partial charge is 0.00992 e. The summed E-state index contributed by atoms with van der Waals surface area (Å²) in [6.07, 6.45) is 15.9. The van der Waals surface area contributed by atoms with Crippen molar-refractivity contribution in [1.82, 2.24) is 0 Å². The monoisotopic (exact) mass is 812 g/mol. The summed E-state index contributed by atoms with van der Waals surface area (Å²) >= 11 is 3.53. The van der Waals surface area contributed by atoms with E-state index in [9.17, 15) is 0 Å². The van der Waals surface area contributed by atoms with Crippen LogP contribution in [-0.4, -0.2) is 6.26 Å². The van der Waals surface area contributed by atoms with Gasteiger partial charge in [-0.25, -0.2) is 0 Å². The third-order valence-corrected chi connectivity index (χ3v) is 10.4. The van der Waals surface area contributed by atoms with Crippen LogP contribution in [0, 0.1) is 0 Å². The molecule has 0 aromatic heterocycles. The highest BCUT2D eigenvalue weighted by atomic mass is 32.1. The van der Waals surface area contributed by atoms with E-state index in [-0.39, 0.29) is 0 Å². The largest absolute Gasteiger partial charge is 0.183 e. The summed E-state index contributed by atoms with van der Waals surface area (Å²) in [5, 5.41) is 0. The highest BCUT2D eigenvalue weighted by Gasteiger charge is 2.13.